The molecule has 1 heterocycles. The highest BCUT2D eigenvalue weighted by atomic mass is 19.4. The van der Waals surface area contributed by atoms with E-state index in [0.29, 0.717) is 17.7 Å². The minimum atomic E-state index is -4.70. The van der Waals surface area contributed by atoms with Crippen molar-refractivity contribution < 1.29 is 31.9 Å². The van der Waals surface area contributed by atoms with Crippen molar-refractivity contribution in [2.45, 2.75) is 51.7 Å². The van der Waals surface area contributed by atoms with Crippen LogP contribution in [0.1, 0.15) is 67.4 Å². The minimum absolute atomic E-state index is 0.0633. The summed E-state index contributed by atoms with van der Waals surface area (Å²) in [6, 6.07) is 13.8. The molecule has 0 spiro atoms. The number of esters is 1. The second kappa shape index (κ2) is 12.9. The SMILES string of the molecule is CCCC[C@@H](Nc1ccc(C(=O)NCCC(=O)OCC)cc1)c1ccc(-c2nnc(C(F)(F)F)o2)cc1. The van der Waals surface area contributed by atoms with Gasteiger partial charge in [0.1, 0.15) is 0 Å². The standard InChI is InChI=1S/C26H29F3N4O4/c1-3-5-6-21(17-7-9-19(10-8-17)24-32-33-25(37-24)26(27,28)29)31-20-13-11-18(12-14-20)23(35)30-16-15-22(34)36-4-2/h7-14,21,31H,3-6,15-16H2,1-2H3,(H,30,35)/t21-/m1/s1. The van der Waals surface area contributed by atoms with E-state index in [2.05, 4.69) is 27.8 Å². The van der Waals surface area contributed by atoms with E-state index in [1.54, 1.807) is 43.3 Å². The fourth-order valence-electron chi connectivity index (χ4n) is 3.58. The number of amides is 1. The van der Waals surface area contributed by atoms with Gasteiger partial charge in [-0.1, -0.05) is 31.9 Å². The smallest absolute Gasteiger partial charge is 0.466 e. The fourth-order valence-corrected chi connectivity index (χ4v) is 3.58. The van der Waals surface area contributed by atoms with Crippen LogP contribution in [0.4, 0.5) is 18.9 Å². The maximum absolute atomic E-state index is 12.7. The molecule has 0 aliphatic heterocycles. The number of hydrogen-bond acceptors (Lipinski definition) is 7. The molecule has 3 aromatic rings. The van der Waals surface area contributed by atoms with Crippen molar-refractivity contribution in [3.63, 3.8) is 0 Å². The van der Waals surface area contributed by atoms with Crippen LogP contribution in [0, 0.1) is 0 Å². The average molecular weight is 519 g/mol. The minimum Gasteiger partial charge on any atom is -0.466 e. The number of carbonyl (C=O) groups is 2. The third-order valence-corrected chi connectivity index (χ3v) is 5.48. The number of hydrogen-bond donors (Lipinski definition) is 2. The van der Waals surface area contributed by atoms with E-state index in [-0.39, 0.29) is 36.8 Å². The second-order valence-corrected chi connectivity index (χ2v) is 8.26. The molecule has 0 radical (unpaired) electrons. The second-order valence-electron chi connectivity index (χ2n) is 8.26. The lowest BCUT2D eigenvalue weighted by Crippen LogP contribution is -2.26. The fraction of sp³-hybridized carbons (Fsp3) is 0.385. The highest BCUT2D eigenvalue weighted by molar-refractivity contribution is 5.94. The molecule has 0 bridgehead atoms. The molecule has 1 amide bonds. The van der Waals surface area contributed by atoms with Gasteiger partial charge in [-0.2, -0.15) is 13.2 Å². The molecule has 1 aromatic heterocycles. The molecule has 8 nitrogen and oxygen atoms in total. The Bertz CT molecular complexity index is 1160. The molecule has 0 saturated heterocycles. The van der Waals surface area contributed by atoms with Crippen molar-refractivity contribution in [3.8, 4) is 11.5 Å². The molecule has 2 N–H and O–H groups in total. The van der Waals surface area contributed by atoms with Crippen LogP contribution in [0.3, 0.4) is 0 Å². The Morgan fingerprint density at radius 3 is 2.32 bits per heavy atom. The Hall–Kier alpha value is -3.89. The van der Waals surface area contributed by atoms with Crippen LogP contribution in [-0.2, 0) is 15.7 Å². The van der Waals surface area contributed by atoms with E-state index in [0.717, 1.165) is 30.5 Å². The number of rotatable bonds is 12. The molecular weight excluding hydrogens is 489 g/mol. The van der Waals surface area contributed by atoms with Gasteiger partial charge in [-0.25, -0.2) is 0 Å². The van der Waals surface area contributed by atoms with Crippen molar-refractivity contribution in [2.24, 2.45) is 0 Å². The first-order valence-corrected chi connectivity index (χ1v) is 12.0. The number of ether oxygens (including phenoxy) is 1. The topological polar surface area (TPSA) is 106 Å². The van der Waals surface area contributed by atoms with E-state index in [9.17, 15) is 22.8 Å². The first-order chi connectivity index (χ1) is 17.7. The Labute approximate surface area is 212 Å². The van der Waals surface area contributed by atoms with Gasteiger partial charge in [0.05, 0.1) is 19.1 Å². The van der Waals surface area contributed by atoms with Crippen LogP contribution in [0.25, 0.3) is 11.5 Å². The van der Waals surface area contributed by atoms with Crippen LogP contribution in [0.15, 0.2) is 52.9 Å². The van der Waals surface area contributed by atoms with Gasteiger partial charge in [-0.3, -0.25) is 9.59 Å². The lowest BCUT2D eigenvalue weighted by atomic mass is 9.99. The van der Waals surface area contributed by atoms with Crippen molar-refractivity contribution in [1.82, 2.24) is 15.5 Å². The molecule has 0 aliphatic rings. The van der Waals surface area contributed by atoms with E-state index in [4.69, 9.17) is 9.15 Å². The van der Waals surface area contributed by atoms with Crippen LogP contribution in [-0.4, -0.2) is 35.2 Å². The lowest BCUT2D eigenvalue weighted by Gasteiger charge is -2.21. The maximum atomic E-state index is 12.7. The van der Waals surface area contributed by atoms with Gasteiger partial charge in [-0.15, -0.1) is 10.2 Å². The number of anilines is 1. The molecule has 0 saturated carbocycles. The third-order valence-electron chi connectivity index (χ3n) is 5.48. The van der Waals surface area contributed by atoms with Gasteiger partial charge in [0, 0.05) is 23.4 Å². The number of benzene rings is 2. The number of carbonyl (C=O) groups excluding carboxylic acids is 2. The molecule has 198 valence electrons. The Morgan fingerprint density at radius 1 is 1.03 bits per heavy atom. The highest BCUT2D eigenvalue weighted by Crippen LogP contribution is 2.31. The quantitative estimate of drug-likeness (QED) is 0.293. The summed E-state index contributed by atoms with van der Waals surface area (Å²) in [5.41, 5.74) is 2.59. The van der Waals surface area contributed by atoms with Gasteiger partial charge >= 0.3 is 18.0 Å². The number of alkyl halides is 3. The first-order valence-electron chi connectivity index (χ1n) is 12.0. The molecule has 0 fully saturated rings. The Kier molecular flexibility index (Phi) is 9.64. The zero-order valence-corrected chi connectivity index (χ0v) is 20.6. The third kappa shape index (κ3) is 8.06. The number of halogens is 3. The van der Waals surface area contributed by atoms with E-state index < -0.39 is 12.1 Å². The van der Waals surface area contributed by atoms with Crippen molar-refractivity contribution >= 4 is 17.6 Å². The Balaban J connectivity index is 1.65. The largest absolute Gasteiger partial charge is 0.470 e. The van der Waals surface area contributed by atoms with Gasteiger partial charge in [0.25, 0.3) is 5.91 Å². The van der Waals surface area contributed by atoms with Gasteiger partial charge < -0.3 is 19.8 Å². The van der Waals surface area contributed by atoms with Gasteiger partial charge in [-0.05, 0) is 55.3 Å². The molecule has 3 rings (SSSR count). The number of unbranched alkanes of at least 4 members (excludes halogenated alkanes) is 1. The highest BCUT2D eigenvalue weighted by Gasteiger charge is 2.38. The summed E-state index contributed by atoms with van der Waals surface area (Å²) in [4.78, 5) is 23.7. The maximum Gasteiger partial charge on any atom is 0.470 e. The average Bonchev–Trinajstić information content (AvgIpc) is 3.38. The van der Waals surface area contributed by atoms with E-state index >= 15 is 0 Å². The zero-order chi connectivity index (χ0) is 26.8. The summed E-state index contributed by atoms with van der Waals surface area (Å²) >= 11 is 0. The number of nitrogens with one attached hydrogen (secondary N) is 2. The summed E-state index contributed by atoms with van der Waals surface area (Å²) < 4.78 is 47.8. The summed E-state index contributed by atoms with van der Waals surface area (Å²) in [5.74, 6) is -2.24. The molecule has 1 atom stereocenters. The van der Waals surface area contributed by atoms with Crippen molar-refractivity contribution in [3.05, 3.63) is 65.5 Å². The van der Waals surface area contributed by atoms with Crippen molar-refractivity contribution in [2.75, 3.05) is 18.5 Å². The van der Waals surface area contributed by atoms with Crippen LogP contribution < -0.4 is 10.6 Å². The number of aromatic nitrogens is 2. The number of nitrogens with zero attached hydrogens (tertiary/aromatic N) is 2. The first kappa shape index (κ1) is 27.7. The molecule has 2 aromatic carbocycles. The predicted molar refractivity (Wildman–Crippen MR) is 131 cm³/mol. The zero-order valence-electron chi connectivity index (χ0n) is 20.6. The molecular formula is C26H29F3N4O4. The Morgan fingerprint density at radius 2 is 1.73 bits per heavy atom. The molecule has 0 unspecified atom stereocenters. The van der Waals surface area contributed by atoms with Gasteiger partial charge in [0.2, 0.25) is 5.89 Å². The monoisotopic (exact) mass is 518 g/mol. The summed E-state index contributed by atoms with van der Waals surface area (Å²) in [6.45, 7) is 4.30. The van der Waals surface area contributed by atoms with E-state index in [1.165, 1.54) is 0 Å². The van der Waals surface area contributed by atoms with Crippen LogP contribution >= 0.6 is 0 Å². The van der Waals surface area contributed by atoms with Crippen LogP contribution in [0.5, 0.6) is 0 Å². The summed E-state index contributed by atoms with van der Waals surface area (Å²) in [5, 5.41) is 12.7. The molecule has 0 aliphatic carbocycles. The molecule has 11 heteroatoms. The van der Waals surface area contributed by atoms with E-state index in [1.807, 2.05) is 12.1 Å². The molecule has 37 heavy (non-hydrogen) atoms. The lowest BCUT2D eigenvalue weighted by molar-refractivity contribution is -0.157. The van der Waals surface area contributed by atoms with Crippen molar-refractivity contribution in [1.29, 1.82) is 0 Å². The summed E-state index contributed by atoms with van der Waals surface area (Å²) in [6.07, 6.45) is -1.82. The van der Waals surface area contributed by atoms with Crippen LogP contribution in [0.2, 0.25) is 0 Å². The summed E-state index contributed by atoms with van der Waals surface area (Å²) in [7, 11) is 0. The van der Waals surface area contributed by atoms with Gasteiger partial charge in [0.15, 0.2) is 0 Å². The predicted octanol–water partition coefficient (Wildman–Crippen LogP) is 5.78. The normalized spacial score (nSPS) is 12.1.